The second kappa shape index (κ2) is 5.90. The summed E-state index contributed by atoms with van der Waals surface area (Å²) in [6.45, 7) is 5.96. The molecule has 0 saturated heterocycles. The number of H-pyrrole nitrogens is 1. The third-order valence-corrected chi connectivity index (χ3v) is 5.70. The van der Waals surface area contributed by atoms with Crippen molar-refractivity contribution >= 4 is 11.7 Å². The second-order valence-corrected chi connectivity index (χ2v) is 7.16. The van der Waals surface area contributed by atoms with E-state index in [4.69, 9.17) is 0 Å². The minimum Gasteiger partial charge on any atom is -0.354 e. The highest BCUT2D eigenvalue weighted by molar-refractivity contribution is 6.02. The molecule has 3 rings (SSSR count). The molecule has 1 heterocycles. The zero-order valence-corrected chi connectivity index (χ0v) is 13.8. The number of aromatic amines is 1. The maximum Gasteiger partial charge on any atom is 0.268 e. The normalized spacial score (nSPS) is 26.4. The van der Waals surface area contributed by atoms with E-state index < -0.39 is 0 Å². The largest absolute Gasteiger partial charge is 0.354 e. The summed E-state index contributed by atoms with van der Waals surface area (Å²) in [7, 11) is 0. The van der Waals surface area contributed by atoms with E-state index in [1.165, 1.54) is 25.7 Å². The van der Waals surface area contributed by atoms with Crippen LogP contribution in [0.3, 0.4) is 0 Å². The van der Waals surface area contributed by atoms with E-state index >= 15 is 0 Å². The summed E-state index contributed by atoms with van der Waals surface area (Å²) in [6, 6.07) is 0. The second-order valence-electron chi connectivity index (χ2n) is 7.16. The molecule has 2 aliphatic carbocycles. The van der Waals surface area contributed by atoms with Gasteiger partial charge >= 0.3 is 0 Å². The molecular formula is C18H26N2O2. The van der Waals surface area contributed by atoms with Crippen molar-refractivity contribution in [2.24, 2.45) is 17.8 Å². The van der Waals surface area contributed by atoms with E-state index in [1.807, 2.05) is 13.8 Å². The lowest BCUT2D eigenvalue weighted by atomic mass is 9.86. The molecule has 4 nitrogen and oxygen atoms in total. The fourth-order valence-corrected chi connectivity index (χ4v) is 4.69. The topological polar surface area (TPSA) is 62.0 Å². The average molecular weight is 302 g/mol. The standard InChI is InChI=1S/C18H26N2O2/c1-10-16(12(3)21)11(2)20-17(10)18(22)19-7-6-15-9-13-4-5-14(15)8-13/h13-15,20H,4-9H2,1-3H3,(H,19,22). The number of aromatic nitrogens is 1. The average Bonchev–Trinajstić information content (AvgIpc) is 3.13. The van der Waals surface area contributed by atoms with Crippen molar-refractivity contribution in [3.63, 3.8) is 0 Å². The molecule has 0 radical (unpaired) electrons. The lowest BCUT2D eigenvalue weighted by Crippen LogP contribution is -2.28. The number of fused-ring (bicyclic) bond motifs is 2. The van der Waals surface area contributed by atoms with Crippen LogP contribution in [0.2, 0.25) is 0 Å². The van der Waals surface area contributed by atoms with Crippen LogP contribution in [0.15, 0.2) is 0 Å². The number of rotatable bonds is 5. The maximum atomic E-state index is 12.3. The molecule has 2 saturated carbocycles. The molecule has 3 atom stereocenters. The van der Waals surface area contributed by atoms with Gasteiger partial charge in [0.1, 0.15) is 5.69 Å². The van der Waals surface area contributed by atoms with Gasteiger partial charge < -0.3 is 10.3 Å². The zero-order chi connectivity index (χ0) is 15.9. The molecule has 0 spiro atoms. The fourth-order valence-electron chi connectivity index (χ4n) is 4.69. The number of hydrogen-bond acceptors (Lipinski definition) is 2. The Morgan fingerprint density at radius 1 is 1.23 bits per heavy atom. The fraction of sp³-hybridized carbons (Fsp3) is 0.667. The summed E-state index contributed by atoms with van der Waals surface area (Å²) >= 11 is 0. The van der Waals surface area contributed by atoms with Crippen LogP contribution in [0.25, 0.3) is 0 Å². The number of amides is 1. The van der Waals surface area contributed by atoms with Crippen molar-refractivity contribution in [3.8, 4) is 0 Å². The molecule has 3 unspecified atom stereocenters. The quantitative estimate of drug-likeness (QED) is 0.819. The van der Waals surface area contributed by atoms with E-state index in [-0.39, 0.29) is 11.7 Å². The Kier molecular flexibility index (Phi) is 4.11. The van der Waals surface area contributed by atoms with Gasteiger partial charge in [-0.25, -0.2) is 0 Å². The van der Waals surface area contributed by atoms with Crippen molar-refractivity contribution in [2.75, 3.05) is 6.54 Å². The Labute approximate surface area is 132 Å². The number of carbonyl (C=O) groups excluding carboxylic acids is 2. The highest BCUT2D eigenvalue weighted by Crippen LogP contribution is 2.49. The first kappa shape index (κ1) is 15.3. The molecule has 2 bridgehead atoms. The SMILES string of the molecule is CC(=O)c1c(C)[nH]c(C(=O)NCCC2CC3CCC2C3)c1C. The number of ketones is 1. The van der Waals surface area contributed by atoms with Gasteiger partial charge in [-0.2, -0.15) is 0 Å². The molecule has 2 N–H and O–H groups in total. The highest BCUT2D eigenvalue weighted by Gasteiger charge is 2.38. The number of Topliss-reactive ketones (excluding diaryl/α,β-unsaturated/α-hetero) is 1. The number of aryl methyl sites for hydroxylation is 1. The molecule has 120 valence electrons. The van der Waals surface area contributed by atoms with Crippen molar-refractivity contribution in [3.05, 3.63) is 22.5 Å². The van der Waals surface area contributed by atoms with E-state index in [1.54, 1.807) is 6.92 Å². The molecule has 1 aromatic rings. The summed E-state index contributed by atoms with van der Waals surface area (Å²) in [5.74, 6) is 2.58. The van der Waals surface area contributed by atoms with Gasteiger partial charge in [0.25, 0.3) is 5.91 Å². The molecule has 1 aromatic heterocycles. The molecule has 0 aromatic carbocycles. The van der Waals surface area contributed by atoms with E-state index in [9.17, 15) is 9.59 Å². The summed E-state index contributed by atoms with van der Waals surface area (Å²) < 4.78 is 0. The summed E-state index contributed by atoms with van der Waals surface area (Å²) in [4.78, 5) is 27.0. The minimum absolute atomic E-state index is 0.00674. The van der Waals surface area contributed by atoms with Crippen LogP contribution < -0.4 is 5.32 Å². The van der Waals surface area contributed by atoms with E-state index in [2.05, 4.69) is 10.3 Å². The van der Waals surface area contributed by atoms with Gasteiger partial charge in [-0.3, -0.25) is 9.59 Å². The van der Waals surface area contributed by atoms with Crippen molar-refractivity contribution in [1.29, 1.82) is 0 Å². The highest BCUT2D eigenvalue weighted by atomic mass is 16.2. The zero-order valence-electron chi connectivity index (χ0n) is 13.8. The van der Waals surface area contributed by atoms with Crippen molar-refractivity contribution in [2.45, 2.75) is 52.9 Å². The third-order valence-electron chi connectivity index (χ3n) is 5.70. The lowest BCUT2D eigenvalue weighted by molar-refractivity contribution is 0.0944. The Balaban J connectivity index is 1.56. The van der Waals surface area contributed by atoms with Crippen LogP contribution in [-0.2, 0) is 0 Å². The Morgan fingerprint density at radius 3 is 2.55 bits per heavy atom. The molecule has 1 amide bonds. The molecule has 2 fully saturated rings. The summed E-state index contributed by atoms with van der Waals surface area (Å²) in [5.41, 5.74) is 2.74. The minimum atomic E-state index is -0.0868. The van der Waals surface area contributed by atoms with E-state index in [0.29, 0.717) is 11.3 Å². The van der Waals surface area contributed by atoms with Crippen LogP contribution in [0.5, 0.6) is 0 Å². The molecule has 22 heavy (non-hydrogen) atoms. The Bertz CT molecular complexity index is 602. The summed E-state index contributed by atoms with van der Waals surface area (Å²) in [5, 5.41) is 3.02. The predicted molar refractivity (Wildman–Crippen MR) is 86.2 cm³/mol. The van der Waals surface area contributed by atoms with Gasteiger partial charge in [-0.05, 0) is 69.8 Å². The summed E-state index contributed by atoms with van der Waals surface area (Å²) in [6.07, 6.45) is 6.67. The van der Waals surface area contributed by atoms with Gasteiger partial charge in [0.2, 0.25) is 0 Å². The molecular weight excluding hydrogens is 276 g/mol. The predicted octanol–water partition coefficient (Wildman–Crippen LogP) is 3.39. The van der Waals surface area contributed by atoms with Gasteiger partial charge in [0.05, 0.1) is 0 Å². The van der Waals surface area contributed by atoms with Crippen LogP contribution >= 0.6 is 0 Å². The third kappa shape index (κ3) is 2.71. The smallest absolute Gasteiger partial charge is 0.268 e. The number of hydrogen-bond donors (Lipinski definition) is 2. The Hall–Kier alpha value is -1.58. The van der Waals surface area contributed by atoms with E-state index in [0.717, 1.165) is 42.0 Å². The van der Waals surface area contributed by atoms with Gasteiger partial charge in [0, 0.05) is 17.8 Å². The van der Waals surface area contributed by atoms with Crippen LogP contribution in [-0.4, -0.2) is 23.2 Å². The Morgan fingerprint density at radius 2 is 2.00 bits per heavy atom. The monoisotopic (exact) mass is 302 g/mol. The first-order valence-electron chi connectivity index (χ1n) is 8.45. The van der Waals surface area contributed by atoms with Gasteiger partial charge in [-0.15, -0.1) is 0 Å². The van der Waals surface area contributed by atoms with Gasteiger partial charge in [-0.1, -0.05) is 6.42 Å². The molecule has 2 aliphatic rings. The van der Waals surface area contributed by atoms with Crippen LogP contribution in [0.4, 0.5) is 0 Å². The number of carbonyl (C=O) groups is 2. The maximum absolute atomic E-state index is 12.3. The van der Waals surface area contributed by atoms with Crippen LogP contribution in [0.1, 0.15) is 71.1 Å². The lowest BCUT2D eigenvalue weighted by Gasteiger charge is -2.21. The number of nitrogens with one attached hydrogen (secondary N) is 2. The van der Waals surface area contributed by atoms with Crippen LogP contribution in [0, 0.1) is 31.6 Å². The first-order chi connectivity index (χ1) is 10.5. The van der Waals surface area contributed by atoms with Gasteiger partial charge in [0.15, 0.2) is 5.78 Å². The first-order valence-corrected chi connectivity index (χ1v) is 8.45. The van der Waals surface area contributed by atoms with Crippen molar-refractivity contribution < 1.29 is 9.59 Å². The molecule has 0 aliphatic heterocycles. The van der Waals surface area contributed by atoms with Crippen molar-refractivity contribution in [1.82, 2.24) is 10.3 Å². The molecule has 4 heteroatoms.